The molecule has 2 aromatic rings. The fourth-order valence-electron chi connectivity index (χ4n) is 4.90. The SMILES string of the molecule is COCc1c(C(=O)N2CCC3(CC2)CC(Cc2noc(C4CC4)n2)CCO3)noc1C. The number of nitrogens with zero attached hydrogens (tertiary/aromatic N) is 4. The van der Waals surface area contributed by atoms with Gasteiger partial charge in [0.25, 0.3) is 5.91 Å². The van der Waals surface area contributed by atoms with Crippen LogP contribution in [0.25, 0.3) is 0 Å². The molecule has 2 aliphatic heterocycles. The monoisotopic (exact) mass is 430 g/mol. The summed E-state index contributed by atoms with van der Waals surface area (Å²) in [7, 11) is 1.60. The van der Waals surface area contributed by atoms with Gasteiger partial charge in [0.15, 0.2) is 11.5 Å². The lowest BCUT2D eigenvalue weighted by Crippen LogP contribution is -2.51. The zero-order chi connectivity index (χ0) is 21.4. The number of likely N-dealkylation sites (tertiary alicyclic amines) is 1. The fourth-order valence-corrected chi connectivity index (χ4v) is 4.90. The van der Waals surface area contributed by atoms with E-state index in [-0.39, 0.29) is 11.5 Å². The maximum absolute atomic E-state index is 13.0. The highest BCUT2D eigenvalue weighted by molar-refractivity contribution is 5.93. The highest BCUT2D eigenvalue weighted by Crippen LogP contribution is 2.41. The van der Waals surface area contributed by atoms with Crippen LogP contribution in [-0.2, 0) is 22.5 Å². The molecular weight excluding hydrogens is 400 g/mol. The predicted molar refractivity (Wildman–Crippen MR) is 108 cm³/mol. The van der Waals surface area contributed by atoms with Crippen molar-refractivity contribution in [1.29, 1.82) is 0 Å². The summed E-state index contributed by atoms with van der Waals surface area (Å²) in [5, 5.41) is 8.18. The van der Waals surface area contributed by atoms with Gasteiger partial charge in [-0.15, -0.1) is 0 Å². The zero-order valence-electron chi connectivity index (χ0n) is 18.3. The molecule has 1 saturated carbocycles. The molecule has 0 radical (unpaired) electrons. The van der Waals surface area contributed by atoms with Crippen LogP contribution in [0.1, 0.15) is 78.0 Å². The minimum absolute atomic E-state index is 0.0921. The van der Waals surface area contributed by atoms with Crippen molar-refractivity contribution in [3.63, 3.8) is 0 Å². The number of hydrogen-bond donors (Lipinski definition) is 0. The number of aryl methyl sites for hydroxylation is 1. The molecule has 0 bridgehead atoms. The number of methoxy groups -OCH3 is 1. The molecule has 5 rings (SSSR count). The predicted octanol–water partition coefficient (Wildman–Crippen LogP) is 3.03. The van der Waals surface area contributed by atoms with Crippen LogP contribution in [0.15, 0.2) is 9.05 Å². The minimum Gasteiger partial charge on any atom is -0.380 e. The van der Waals surface area contributed by atoms with Crippen LogP contribution in [0, 0.1) is 12.8 Å². The highest BCUT2D eigenvalue weighted by atomic mass is 16.5. The van der Waals surface area contributed by atoms with Gasteiger partial charge in [0.2, 0.25) is 5.89 Å². The van der Waals surface area contributed by atoms with Gasteiger partial charge < -0.3 is 23.4 Å². The van der Waals surface area contributed by atoms with E-state index >= 15 is 0 Å². The number of aromatic nitrogens is 3. The standard InChI is InChI=1S/C22H30N4O5/c1-14-17(13-28-2)19(25-30-14)21(27)26-8-6-22(7-9-26)12-15(5-10-29-22)11-18-23-20(31-24-18)16-3-4-16/h15-16H,3-13H2,1-2H3. The Bertz CT molecular complexity index is 926. The second-order valence-corrected chi connectivity index (χ2v) is 9.21. The lowest BCUT2D eigenvalue weighted by molar-refractivity contribution is -0.123. The van der Waals surface area contributed by atoms with E-state index in [9.17, 15) is 4.79 Å². The number of ether oxygens (including phenoxy) is 2. The summed E-state index contributed by atoms with van der Waals surface area (Å²) in [6.07, 6.45) is 6.80. The molecule has 1 atom stereocenters. The first-order valence-electron chi connectivity index (χ1n) is 11.3. The molecule has 0 aromatic carbocycles. The number of carbonyl (C=O) groups excluding carboxylic acids is 1. The lowest BCUT2D eigenvalue weighted by Gasteiger charge is -2.46. The second-order valence-electron chi connectivity index (χ2n) is 9.21. The molecule has 0 N–H and O–H groups in total. The van der Waals surface area contributed by atoms with Crippen LogP contribution < -0.4 is 0 Å². The van der Waals surface area contributed by atoms with Crippen molar-refractivity contribution in [2.75, 3.05) is 26.8 Å². The van der Waals surface area contributed by atoms with E-state index in [4.69, 9.17) is 18.5 Å². The van der Waals surface area contributed by atoms with Crippen molar-refractivity contribution >= 4 is 5.91 Å². The van der Waals surface area contributed by atoms with Crippen LogP contribution in [0.2, 0.25) is 0 Å². The summed E-state index contributed by atoms with van der Waals surface area (Å²) in [4.78, 5) is 19.5. The van der Waals surface area contributed by atoms with Gasteiger partial charge in [0, 0.05) is 39.1 Å². The van der Waals surface area contributed by atoms with E-state index in [0.717, 1.165) is 68.8 Å². The van der Waals surface area contributed by atoms with Gasteiger partial charge in [-0.05, 0) is 51.4 Å². The molecule has 2 saturated heterocycles. The van der Waals surface area contributed by atoms with Crippen molar-refractivity contribution in [2.45, 2.75) is 70.0 Å². The molecular formula is C22H30N4O5. The average Bonchev–Trinajstić information content (AvgIpc) is 3.42. The Hall–Kier alpha value is -2.26. The smallest absolute Gasteiger partial charge is 0.276 e. The van der Waals surface area contributed by atoms with E-state index in [0.29, 0.717) is 43.0 Å². The maximum atomic E-state index is 13.0. The largest absolute Gasteiger partial charge is 0.380 e. The first-order valence-corrected chi connectivity index (χ1v) is 11.3. The van der Waals surface area contributed by atoms with Crippen molar-refractivity contribution in [1.82, 2.24) is 20.2 Å². The van der Waals surface area contributed by atoms with Crippen molar-refractivity contribution < 1.29 is 23.3 Å². The van der Waals surface area contributed by atoms with Crippen LogP contribution in [-0.4, -0.2) is 58.5 Å². The molecule has 3 fully saturated rings. The van der Waals surface area contributed by atoms with Crippen LogP contribution in [0.4, 0.5) is 0 Å². The molecule has 9 nitrogen and oxygen atoms in total. The first kappa shape index (κ1) is 20.6. The molecule has 2 aromatic heterocycles. The van der Waals surface area contributed by atoms with Crippen LogP contribution >= 0.6 is 0 Å². The maximum Gasteiger partial charge on any atom is 0.276 e. The number of amides is 1. The number of piperidine rings is 1. The van der Waals surface area contributed by atoms with E-state index < -0.39 is 0 Å². The normalized spacial score (nSPS) is 23.4. The van der Waals surface area contributed by atoms with Gasteiger partial charge in [-0.25, -0.2) is 0 Å². The van der Waals surface area contributed by atoms with Crippen molar-refractivity contribution in [3.8, 4) is 0 Å². The second kappa shape index (κ2) is 8.35. The third-order valence-electron chi connectivity index (χ3n) is 6.91. The lowest BCUT2D eigenvalue weighted by atomic mass is 9.78. The Morgan fingerprint density at radius 2 is 2.00 bits per heavy atom. The van der Waals surface area contributed by atoms with Crippen molar-refractivity contribution in [2.24, 2.45) is 5.92 Å². The van der Waals surface area contributed by atoms with Gasteiger partial charge in [0.05, 0.1) is 17.8 Å². The quantitative estimate of drug-likeness (QED) is 0.689. The summed E-state index contributed by atoms with van der Waals surface area (Å²) in [5.74, 6) is 3.13. The molecule has 31 heavy (non-hydrogen) atoms. The molecule has 9 heteroatoms. The molecule has 3 aliphatic rings. The van der Waals surface area contributed by atoms with E-state index in [1.165, 1.54) is 0 Å². The minimum atomic E-state index is -0.169. The zero-order valence-corrected chi connectivity index (χ0v) is 18.3. The Balaban J connectivity index is 1.19. The Morgan fingerprint density at radius 3 is 2.74 bits per heavy atom. The summed E-state index contributed by atoms with van der Waals surface area (Å²) in [6.45, 7) is 4.16. The molecule has 1 aliphatic carbocycles. The summed E-state index contributed by atoms with van der Waals surface area (Å²) < 4.78 is 22.1. The van der Waals surface area contributed by atoms with Crippen LogP contribution in [0.3, 0.4) is 0 Å². The first-order chi connectivity index (χ1) is 15.1. The molecule has 1 unspecified atom stereocenters. The molecule has 1 spiro atoms. The Kier molecular flexibility index (Phi) is 5.56. The van der Waals surface area contributed by atoms with E-state index in [1.807, 2.05) is 4.90 Å². The molecule has 1 amide bonds. The fraction of sp³-hybridized carbons (Fsp3) is 0.727. The van der Waals surface area contributed by atoms with Gasteiger partial charge in [0.1, 0.15) is 5.76 Å². The van der Waals surface area contributed by atoms with E-state index in [1.54, 1.807) is 14.0 Å². The number of hydrogen-bond acceptors (Lipinski definition) is 8. The van der Waals surface area contributed by atoms with Gasteiger partial charge in [-0.1, -0.05) is 10.3 Å². The van der Waals surface area contributed by atoms with Gasteiger partial charge >= 0.3 is 0 Å². The topological polar surface area (TPSA) is 104 Å². The van der Waals surface area contributed by atoms with E-state index in [2.05, 4.69) is 15.3 Å². The molecule has 4 heterocycles. The van der Waals surface area contributed by atoms with Crippen LogP contribution in [0.5, 0.6) is 0 Å². The highest BCUT2D eigenvalue weighted by Gasteiger charge is 2.42. The van der Waals surface area contributed by atoms with Gasteiger partial charge in [-0.2, -0.15) is 4.98 Å². The van der Waals surface area contributed by atoms with Crippen molar-refractivity contribution in [3.05, 3.63) is 28.7 Å². The summed E-state index contributed by atoms with van der Waals surface area (Å²) in [5.41, 5.74) is 0.923. The number of carbonyl (C=O) groups is 1. The summed E-state index contributed by atoms with van der Waals surface area (Å²) in [6, 6.07) is 0. The Labute approximate surface area is 181 Å². The van der Waals surface area contributed by atoms with Gasteiger partial charge in [-0.3, -0.25) is 4.79 Å². The third-order valence-corrected chi connectivity index (χ3v) is 6.91. The third kappa shape index (κ3) is 4.25. The number of rotatable bonds is 6. The molecule has 168 valence electrons. The summed E-state index contributed by atoms with van der Waals surface area (Å²) >= 11 is 0. The average molecular weight is 431 g/mol. The Morgan fingerprint density at radius 1 is 1.19 bits per heavy atom.